The van der Waals surface area contributed by atoms with Crippen LogP contribution < -0.4 is 23.8 Å². The van der Waals surface area contributed by atoms with Gasteiger partial charge in [0.05, 0.1) is 39.3 Å². The minimum Gasteiger partial charge on any atom is -0.496 e. The highest BCUT2D eigenvalue weighted by Gasteiger charge is 2.24. The van der Waals surface area contributed by atoms with Crippen molar-refractivity contribution in [2.45, 2.75) is 39.7 Å². The highest BCUT2D eigenvalue weighted by molar-refractivity contribution is 7.92. The van der Waals surface area contributed by atoms with E-state index in [0.29, 0.717) is 17.2 Å². The van der Waals surface area contributed by atoms with Gasteiger partial charge in [-0.2, -0.15) is 0 Å². The van der Waals surface area contributed by atoms with Gasteiger partial charge in [0.2, 0.25) is 15.9 Å². The van der Waals surface area contributed by atoms with Crippen molar-refractivity contribution >= 4 is 21.6 Å². The summed E-state index contributed by atoms with van der Waals surface area (Å²) in [6, 6.07) is 8.36. The van der Waals surface area contributed by atoms with Crippen molar-refractivity contribution in [1.82, 2.24) is 5.32 Å². The van der Waals surface area contributed by atoms with Gasteiger partial charge in [-0.05, 0) is 60.7 Å². The molecular weight excluding hydrogens is 444 g/mol. The number of anilines is 1. The first-order chi connectivity index (χ1) is 15.4. The first kappa shape index (κ1) is 26.3. The van der Waals surface area contributed by atoms with Crippen LogP contribution in [-0.4, -0.2) is 48.5 Å². The molecular formula is C24H34N2O6S. The summed E-state index contributed by atoms with van der Waals surface area (Å²) in [5.74, 6) is 1.45. The molecule has 182 valence electrons. The molecule has 0 aliphatic heterocycles. The van der Waals surface area contributed by atoms with Crippen molar-refractivity contribution in [3.05, 3.63) is 47.0 Å². The van der Waals surface area contributed by atoms with E-state index >= 15 is 0 Å². The number of hydrogen-bond acceptors (Lipinski definition) is 6. The lowest BCUT2D eigenvalue weighted by Crippen LogP contribution is -2.41. The predicted molar refractivity (Wildman–Crippen MR) is 130 cm³/mol. The number of rotatable bonds is 10. The fourth-order valence-corrected chi connectivity index (χ4v) is 4.53. The number of hydrogen-bond donors (Lipinski definition) is 1. The number of methoxy groups -OCH3 is 3. The van der Waals surface area contributed by atoms with E-state index < -0.39 is 15.9 Å². The van der Waals surface area contributed by atoms with Gasteiger partial charge in [0, 0.05) is 6.07 Å². The van der Waals surface area contributed by atoms with Gasteiger partial charge in [0.25, 0.3) is 0 Å². The Labute approximate surface area is 196 Å². The molecule has 0 saturated carbocycles. The molecule has 1 N–H and O–H groups in total. The topological polar surface area (TPSA) is 94.2 Å². The summed E-state index contributed by atoms with van der Waals surface area (Å²) in [6.45, 7) is 7.61. The summed E-state index contributed by atoms with van der Waals surface area (Å²) in [6.07, 6.45) is 1.06. The Morgan fingerprint density at radius 2 is 1.55 bits per heavy atom. The molecule has 0 heterocycles. The van der Waals surface area contributed by atoms with Gasteiger partial charge in [-0.25, -0.2) is 8.42 Å². The summed E-state index contributed by atoms with van der Waals surface area (Å²) < 4.78 is 42.0. The largest absolute Gasteiger partial charge is 0.496 e. The SMILES string of the molecule is COc1ccc(N(CC(=O)N[C@@H](C)c2cc(C(C)C)c(OC)cc2C)S(C)(=O)=O)cc1OC. The van der Waals surface area contributed by atoms with E-state index in [1.54, 1.807) is 19.2 Å². The summed E-state index contributed by atoms with van der Waals surface area (Å²) in [4.78, 5) is 12.9. The van der Waals surface area contributed by atoms with Crippen LogP contribution in [0, 0.1) is 6.92 Å². The molecule has 33 heavy (non-hydrogen) atoms. The number of carbonyl (C=O) groups is 1. The zero-order valence-corrected chi connectivity index (χ0v) is 21.4. The Morgan fingerprint density at radius 1 is 0.939 bits per heavy atom. The van der Waals surface area contributed by atoms with Gasteiger partial charge in [0.15, 0.2) is 11.5 Å². The molecule has 9 heteroatoms. The van der Waals surface area contributed by atoms with Crippen molar-refractivity contribution in [2.24, 2.45) is 0 Å². The van der Waals surface area contributed by atoms with Crippen LogP contribution in [0.4, 0.5) is 5.69 Å². The summed E-state index contributed by atoms with van der Waals surface area (Å²) in [7, 11) is 0.859. The molecule has 0 radical (unpaired) electrons. The zero-order chi connectivity index (χ0) is 24.9. The molecule has 8 nitrogen and oxygen atoms in total. The lowest BCUT2D eigenvalue weighted by Gasteiger charge is -2.25. The monoisotopic (exact) mass is 478 g/mol. The average Bonchev–Trinajstić information content (AvgIpc) is 2.75. The number of carbonyl (C=O) groups excluding carboxylic acids is 1. The van der Waals surface area contributed by atoms with Crippen LogP contribution in [0.15, 0.2) is 30.3 Å². The second-order valence-electron chi connectivity index (χ2n) is 8.20. The molecule has 1 amide bonds. The quantitative estimate of drug-likeness (QED) is 0.558. The lowest BCUT2D eigenvalue weighted by atomic mass is 9.93. The normalized spacial score (nSPS) is 12.3. The van der Waals surface area contributed by atoms with Gasteiger partial charge in [0.1, 0.15) is 12.3 Å². The zero-order valence-electron chi connectivity index (χ0n) is 20.6. The van der Waals surface area contributed by atoms with E-state index in [1.807, 2.05) is 26.0 Å². The maximum Gasteiger partial charge on any atom is 0.241 e. The Balaban J connectivity index is 2.29. The second-order valence-corrected chi connectivity index (χ2v) is 10.1. The number of amides is 1. The van der Waals surface area contributed by atoms with Gasteiger partial charge in [-0.3, -0.25) is 9.10 Å². The number of nitrogens with zero attached hydrogens (tertiary/aromatic N) is 1. The molecule has 0 aromatic heterocycles. The molecule has 2 aromatic rings. The van der Waals surface area contributed by atoms with Crippen LogP contribution >= 0.6 is 0 Å². The highest BCUT2D eigenvalue weighted by atomic mass is 32.2. The molecule has 0 spiro atoms. The molecule has 0 bridgehead atoms. The van der Waals surface area contributed by atoms with E-state index in [1.165, 1.54) is 20.3 Å². The third-order valence-corrected chi connectivity index (χ3v) is 6.57. The first-order valence-corrected chi connectivity index (χ1v) is 12.4. The molecule has 0 aliphatic rings. The number of sulfonamides is 1. The minimum atomic E-state index is -3.73. The Bertz CT molecular complexity index is 1100. The second kappa shape index (κ2) is 10.8. The van der Waals surface area contributed by atoms with Crippen LogP contribution in [0.3, 0.4) is 0 Å². The third-order valence-electron chi connectivity index (χ3n) is 5.43. The fraction of sp³-hybridized carbons (Fsp3) is 0.458. The van der Waals surface area contributed by atoms with Gasteiger partial charge in [-0.15, -0.1) is 0 Å². The number of benzene rings is 2. The Morgan fingerprint density at radius 3 is 2.06 bits per heavy atom. The summed E-state index contributed by atoms with van der Waals surface area (Å²) in [5, 5.41) is 2.92. The predicted octanol–water partition coefficient (Wildman–Crippen LogP) is 3.79. The van der Waals surface area contributed by atoms with Gasteiger partial charge in [-0.1, -0.05) is 13.8 Å². The third kappa shape index (κ3) is 6.31. The molecule has 2 aromatic carbocycles. The molecule has 0 saturated heterocycles. The van der Waals surface area contributed by atoms with Crippen LogP contribution in [0.2, 0.25) is 0 Å². The lowest BCUT2D eigenvalue weighted by molar-refractivity contribution is -0.120. The number of ether oxygens (including phenoxy) is 3. The summed E-state index contributed by atoms with van der Waals surface area (Å²) in [5.41, 5.74) is 3.27. The maximum atomic E-state index is 12.9. The molecule has 0 aliphatic carbocycles. The first-order valence-electron chi connectivity index (χ1n) is 10.6. The van der Waals surface area contributed by atoms with E-state index in [-0.39, 0.29) is 18.5 Å². The highest BCUT2D eigenvalue weighted by Crippen LogP contribution is 2.33. The Kier molecular flexibility index (Phi) is 8.60. The van der Waals surface area contributed by atoms with Crippen LogP contribution in [0.5, 0.6) is 17.2 Å². The van der Waals surface area contributed by atoms with E-state index in [9.17, 15) is 13.2 Å². The molecule has 0 fully saturated rings. The molecule has 0 unspecified atom stereocenters. The molecule has 2 rings (SSSR count). The maximum absolute atomic E-state index is 12.9. The van der Waals surface area contributed by atoms with E-state index in [2.05, 4.69) is 19.2 Å². The Hall–Kier alpha value is -2.94. The van der Waals surface area contributed by atoms with Gasteiger partial charge < -0.3 is 19.5 Å². The van der Waals surface area contributed by atoms with Crippen molar-refractivity contribution in [1.29, 1.82) is 0 Å². The standard InChI is InChI=1S/C24H34N2O6S/c1-15(2)19-13-20(16(3)11-22(19)31-6)17(4)25-24(27)14-26(33(8,28)29)18-9-10-21(30-5)23(12-18)32-7/h9-13,15,17H,14H2,1-8H3,(H,25,27)/t17-/m0/s1. The van der Waals surface area contributed by atoms with Crippen molar-refractivity contribution in [3.8, 4) is 17.2 Å². The minimum absolute atomic E-state index is 0.243. The average molecular weight is 479 g/mol. The van der Waals surface area contributed by atoms with Crippen LogP contribution in [0.25, 0.3) is 0 Å². The summed E-state index contributed by atoms with van der Waals surface area (Å²) >= 11 is 0. The number of nitrogens with one attached hydrogen (secondary N) is 1. The molecule has 1 atom stereocenters. The van der Waals surface area contributed by atoms with E-state index in [4.69, 9.17) is 14.2 Å². The smallest absolute Gasteiger partial charge is 0.241 e. The van der Waals surface area contributed by atoms with Crippen LogP contribution in [0.1, 0.15) is 49.4 Å². The van der Waals surface area contributed by atoms with E-state index in [0.717, 1.165) is 33.0 Å². The van der Waals surface area contributed by atoms with Crippen molar-refractivity contribution in [3.63, 3.8) is 0 Å². The van der Waals surface area contributed by atoms with Gasteiger partial charge >= 0.3 is 0 Å². The van der Waals surface area contributed by atoms with Crippen LogP contribution in [-0.2, 0) is 14.8 Å². The van der Waals surface area contributed by atoms with Crippen molar-refractivity contribution < 1.29 is 27.4 Å². The van der Waals surface area contributed by atoms with Crippen molar-refractivity contribution in [2.75, 3.05) is 38.4 Å². The number of aryl methyl sites for hydroxylation is 1. The fourth-order valence-electron chi connectivity index (χ4n) is 3.69.